The molecule has 1 amide bonds. The summed E-state index contributed by atoms with van der Waals surface area (Å²) in [4.78, 5) is 22.8. The number of methoxy groups -OCH3 is 3. The van der Waals surface area contributed by atoms with Gasteiger partial charge in [-0.25, -0.2) is 4.79 Å². The molecule has 104 valence electrons. The summed E-state index contributed by atoms with van der Waals surface area (Å²) in [5.41, 5.74) is 0.555. The molecule has 1 aromatic rings. The number of ether oxygens (including phenoxy) is 3. The number of benzene rings is 1. The number of carbonyl (C=O) groups excluding carboxylic acids is 2. The van der Waals surface area contributed by atoms with E-state index in [-0.39, 0.29) is 5.91 Å². The molecule has 0 saturated carbocycles. The highest BCUT2D eigenvalue weighted by Crippen LogP contribution is 2.30. The lowest BCUT2D eigenvalue weighted by Gasteiger charge is -2.17. The molecule has 0 fully saturated rings. The number of esters is 1. The highest BCUT2D eigenvalue weighted by molar-refractivity contribution is 5.84. The Morgan fingerprint density at radius 3 is 2.21 bits per heavy atom. The lowest BCUT2D eigenvalue weighted by Crippen LogP contribution is -2.32. The van der Waals surface area contributed by atoms with Gasteiger partial charge in [0.05, 0.1) is 21.3 Å². The van der Waals surface area contributed by atoms with Crippen LogP contribution < -0.4 is 14.8 Å². The summed E-state index contributed by atoms with van der Waals surface area (Å²) in [6.07, 6.45) is 0. The number of hydrogen-bond acceptors (Lipinski definition) is 5. The van der Waals surface area contributed by atoms with Crippen molar-refractivity contribution in [3.8, 4) is 11.5 Å². The minimum Gasteiger partial charge on any atom is -0.493 e. The standard InChI is InChI=1S/C13H17NO5/c1-8(15)14-12(13(16)19-4)9-5-6-10(17-2)11(7-9)18-3/h5-7,12H,1-4H3,(H,14,15). The molecule has 1 aromatic carbocycles. The summed E-state index contributed by atoms with van der Waals surface area (Å²) in [5, 5.41) is 2.53. The third kappa shape index (κ3) is 3.61. The van der Waals surface area contributed by atoms with Gasteiger partial charge < -0.3 is 19.5 Å². The Morgan fingerprint density at radius 2 is 1.74 bits per heavy atom. The third-order valence-electron chi connectivity index (χ3n) is 2.53. The Balaban J connectivity index is 3.15. The van der Waals surface area contributed by atoms with Crippen molar-refractivity contribution >= 4 is 11.9 Å². The van der Waals surface area contributed by atoms with Gasteiger partial charge in [-0.2, -0.15) is 0 Å². The van der Waals surface area contributed by atoms with Crippen LogP contribution in [0.5, 0.6) is 11.5 Å². The summed E-state index contributed by atoms with van der Waals surface area (Å²) in [6, 6.07) is 4.07. The number of rotatable bonds is 5. The van der Waals surface area contributed by atoms with Crippen molar-refractivity contribution in [2.24, 2.45) is 0 Å². The van der Waals surface area contributed by atoms with Gasteiger partial charge in [0.25, 0.3) is 0 Å². The van der Waals surface area contributed by atoms with E-state index in [1.54, 1.807) is 18.2 Å². The highest BCUT2D eigenvalue weighted by atomic mass is 16.5. The van der Waals surface area contributed by atoms with Crippen molar-refractivity contribution in [2.45, 2.75) is 13.0 Å². The Labute approximate surface area is 111 Å². The SMILES string of the molecule is COC(=O)C(NC(C)=O)c1ccc(OC)c(OC)c1. The average molecular weight is 267 g/mol. The Bertz CT molecular complexity index is 472. The summed E-state index contributed by atoms with van der Waals surface area (Å²) in [7, 11) is 4.27. The molecule has 0 aromatic heterocycles. The average Bonchev–Trinajstić information content (AvgIpc) is 2.42. The number of nitrogens with one attached hydrogen (secondary N) is 1. The molecule has 0 radical (unpaired) electrons. The van der Waals surface area contributed by atoms with Crippen LogP contribution in [0.1, 0.15) is 18.5 Å². The molecule has 0 saturated heterocycles. The summed E-state index contributed by atoms with van der Waals surface area (Å²) in [6.45, 7) is 1.33. The monoisotopic (exact) mass is 267 g/mol. The minimum absolute atomic E-state index is 0.329. The van der Waals surface area contributed by atoms with Crippen LogP contribution in [0.25, 0.3) is 0 Å². The third-order valence-corrected chi connectivity index (χ3v) is 2.53. The van der Waals surface area contributed by atoms with Crippen LogP contribution in [0.3, 0.4) is 0 Å². The van der Waals surface area contributed by atoms with E-state index in [0.29, 0.717) is 17.1 Å². The summed E-state index contributed by atoms with van der Waals surface area (Å²) in [5.74, 6) is 0.129. The second kappa shape index (κ2) is 6.63. The maximum absolute atomic E-state index is 11.7. The molecule has 1 atom stereocenters. The van der Waals surface area contributed by atoms with E-state index < -0.39 is 12.0 Å². The Kier molecular flexibility index (Phi) is 5.17. The van der Waals surface area contributed by atoms with Gasteiger partial charge in [-0.3, -0.25) is 4.79 Å². The van der Waals surface area contributed by atoms with Crippen LogP contribution in [0.15, 0.2) is 18.2 Å². The van der Waals surface area contributed by atoms with E-state index in [4.69, 9.17) is 9.47 Å². The van der Waals surface area contributed by atoms with Crippen molar-refractivity contribution in [2.75, 3.05) is 21.3 Å². The fourth-order valence-corrected chi connectivity index (χ4v) is 1.63. The van der Waals surface area contributed by atoms with Crippen LogP contribution in [-0.2, 0) is 14.3 Å². The topological polar surface area (TPSA) is 73.9 Å². The zero-order valence-electron chi connectivity index (χ0n) is 11.4. The fourth-order valence-electron chi connectivity index (χ4n) is 1.63. The summed E-state index contributed by atoms with van der Waals surface area (Å²) >= 11 is 0. The van der Waals surface area contributed by atoms with Crippen molar-refractivity contribution < 1.29 is 23.8 Å². The van der Waals surface area contributed by atoms with Crippen LogP contribution in [0.2, 0.25) is 0 Å². The molecule has 19 heavy (non-hydrogen) atoms. The quantitative estimate of drug-likeness (QED) is 0.807. The minimum atomic E-state index is -0.873. The molecule has 1 N–H and O–H groups in total. The first-order chi connectivity index (χ1) is 9.03. The highest BCUT2D eigenvalue weighted by Gasteiger charge is 2.23. The molecular formula is C13H17NO5. The lowest BCUT2D eigenvalue weighted by molar-refractivity contribution is -0.145. The van der Waals surface area contributed by atoms with Gasteiger partial charge in [-0.15, -0.1) is 0 Å². The maximum Gasteiger partial charge on any atom is 0.333 e. The molecule has 0 aliphatic heterocycles. The molecule has 0 aliphatic rings. The van der Waals surface area contributed by atoms with E-state index in [2.05, 4.69) is 10.1 Å². The van der Waals surface area contributed by atoms with Crippen molar-refractivity contribution in [1.29, 1.82) is 0 Å². The molecule has 6 nitrogen and oxygen atoms in total. The molecular weight excluding hydrogens is 250 g/mol. The Morgan fingerprint density at radius 1 is 1.11 bits per heavy atom. The van der Waals surface area contributed by atoms with Crippen LogP contribution in [0.4, 0.5) is 0 Å². The van der Waals surface area contributed by atoms with Crippen LogP contribution in [-0.4, -0.2) is 33.2 Å². The molecule has 0 aliphatic carbocycles. The zero-order chi connectivity index (χ0) is 14.4. The predicted molar refractivity (Wildman–Crippen MR) is 68.1 cm³/mol. The molecule has 0 bridgehead atoms. The van der Waals surface area contributed by atoms with Gasteiger partial charge in [0.1, 0.15) is 0 Å². The van der Waals surface area contributed by atoms with E-state index in [9.17, 15) is 9.59 Å². The number of carbonyl (C=O) groups is 2. The molecule has 6 heteroatoms. The van der Waals surface area contributed by atoms with Gasteiger partial charge in [0.2, 0.25) is 5.91 Å². The second-order valence-electron chi connectivity index (χ2n) is 3.77. The van der Waals surface area contributed by atoms with Crippen LogP contribution >= 0.6 is 0 Å². The molecule has 0 heterocycles. The first-order valence-electron chi connectivity index (χ1n) is 5.60. The molecule has 1 rings (SSSR count). The number of hydrogen-bond donors (Lipinski definition) is 1. The van der Waals surface area contributed by atoms with E-state index in [1.165, 1.54) is 28.3 Å². The molecule has 1 unspecified atom stereocenters. The smallest absolute Gasteiger partial charge is 0.333 e. The predicted octanol–water partition coefficient (Wildman–Crippen LogP) is 1.05. The lowest BCUT2D eigenvalue weighted by atomic mass is 10.1. The zero-order valence-corrected chi connectivity index (χ0v) is 11.4. The van der Waals surface area contributed by atoms with Crippen molar-refractivity contribution in [3.63, 3.8) is 0 Å². The normalized spacial score (nSPS) is 11.4. The van der Waals surface area contributed by atoms with Crippen LogP contribution in [0, 0.1) is 0 Å². The van der Waals surface area contributed by atoms with Gasteiger partial charge in [0.15, 0.2) is 17.5 Å². The second-order valence-corrected chi connectivity index (χ2v) is 3.77. The maximum atomic E-state index is 11.7. The van der Waals surface area contributed by atoms with Gasteiger partial charge in [0, 0.05) is 6.92 Å². The largest absolute Gasteiger partial charge is 0.493 e. The van der Waals surface area contributed by atoms with Crippen molar-refractivity contribution in [1.82, 2.24) is 5.32 Å². The van der Waals surface area contributed by atoms with Gasteiger partial charge >= 0.3 is 5.97 Å². The summed E-state index contributed by atoms with van der Waals surface area (Å²) < 4.78 is 14.9. The fraction of sp³-hybridized carbons (Fsp3) is 0.385. The Hall–Kier alpha value is -2.24. The first-order valence-corrected chi connectivity index (χ1v) is 5.60. The first kappa shape index (κ1) is 14.8. The van der Waals surface area contributed by atoms with Gasteiger partial charge in [-0.1, -0.05) is 6.07 Å². The van der Waals surface area contributed by atoms with Crippen molar-refractivity contribution in [3.05, 3.63) is 23.8 Å². The van der Waals surface area contributed by atoms with Gasteiger partial charge in [-0.05, 0) is 17.7 Å². The van der Waals surface area contributed by atoms with E-state index in [1.807, 2.05) is 0 Å². The molecule has 0 spiro atoms. The van der Waals surface area contributed by atoms with E-state index >= 15 is 0 Å². The van der Waals surface area contributed by atoms with E-state index in [0.717, 1.165) is 0 Å². The number of amides is 1.